The fraction of sp³-hybridized carbons (Fsp3) is 0.263. The Kier molecular flexibility index (Phi) is 4.26. The van der Waals surface area contributed by atoms with E-state index in [-0.39, 0.29) is 11.9 Å². The van der Waals surface area contributed by atoms with Crippen molar-refractivity contribution in [2.24, 2.45) is 4.99 Å². The maximum absolute atomic E-state index is 12.2. The zero-order chi connectivity index (χ0) is 16.6. The van der Waals surface area contributed by atoms with Crippen molar-refractivity contribution in [3.8, 4) is 0 Å². The predicted molar refractivity (Wildman–Crippen MR) is 96.2 cm³/mol. The number of aliphatic imine (C=N–C) groups is 1. The summed E-state index contributed by atoms with van der Waals surface area (Å²) in [5, 5.41) is 2.92. The van der Waals surface area contributed by atoms with Crippen LogP contribution in [0.3, 0.4) is 0 Å². The number of benzene rings is 2. The largest absolute Gasteiger partial charge is 0.350 e. The summed E-state index contributed by atoms with van der Waals surface area (Å²) >= 11 is 1.70. The molecule has 118 valence electrons. The third-order valence-electron chi connectivity index (χ3n) is 3.67. The molecule has 0 radical (unpaired) electrons. The van der Waals surface area contributed by atoms with Gasteiger partial charge < -0.3 is 5.32 Å². The highest BCUT2D eigenvalue weighted by Crippen LogP contribution is 2.40. The molecule has 1 N–H and O–H groups in total. The van der Waals surface area contributed by atoms with Gasteiger partial charge in [-0.15, -0.1) is 0 Å². The quantitative estimate of drug-likeness (QED) is 0.867. The van der Waals surface area contributed by atoms with Gasteiger partial charge in [-0.05, 0) is 58.0 Å². The molecule has 0 saturated heterocycles. The lowest BCUT2D eigenvalue weighted by Crippen LogP contribution is -2.29. The molecular weight excluding hydrogens is 304 g/mol. The van der Waals surface area contributed by atoms with E-state index in [0.717, 1.165) is 16.3 Å². The van der Waals surface area contributed by atoms with Gasteiger partial charge in [0.15, 0.2) is 0 Å². The molecule has 0 saturated carbocycles. The highest BCUT2D eigenvalue weighted by molar-refractivity contribution is 7.99. The molecule has 23 heavy (non-hydrogen) atoms. The first-order chi connectivity index (χ1) is 10.9. The number of aryl methyl sites for hydroxylation is 1. The molecule has 0 spiro atoms. The second-order valence-electron chi connectivity index (χ2n) is 6.11. The Morgan fingerprint density at radius 2 is 1.83 bits per heavy atom. The van der Waals surface area contributed by atoms with Gasteiger partial charge in [-0.3, -0.25) is 9.79 Å². The maximum atomic E-state index is 12.2. The Labute approximate surface area is 141 Å². The van der Waals surface area contributed by atoms with E-state index >= 15 is 0 Å². The first-order valence-electron chi connectivity index (χ1n) is 7.73. The van der Waals surface area contributed by atoms with E-state index in [1.54, 1.807) is 11.8 Å². The van der Waals surface area contributed by atoms with Gasteiger partial charge in [0.1, 0.15) is 0 Å². The molecule has 2 aromatic carbocycles. The monoisotopic (exact) mass is 324 g/mol. The second kappa shape index (κ2) is 6.20. The van der Waals surface area contributed by atoms with Gasteiger partial charge in [-0.2, -0.15) is 0 Å². The van der Waals surface area contributed by atoms with Gasteiger partial charge in [-0.25, -0.2) is 0 Å². The lowest BCUT2D eigenvalue weighted by atomic mass is 10.1. The minimum Gasteiger partial charge on any atom is -0.350 e. The topological polar surface area (TPSA) is 41.5 Å². The van der Waals surface area contributed by atoms with Crippen molar-refractivity contribution < 1.29 is 4.79 Å². The molecule has 1 amide bonds. The van der Waals surface area contributed by atoms with Gasteiger partial charge in [0.2, 0.25) is 0 Å². The minimum absolute atomic E-state index is 0.0572. The summed E-state index contributed by atoms with van der Waals surface area (Å²) < 4.78 is 0. The summed E-state index contributed by atoms with van der Waals surface area (Å²) in [7, 11) is 0. The summed E-state index contributed by atoms with van der Waals surface area (Å²) in [6.07, 6.45) is 0. The Balaban J connectivity index is 2.03. The number of nitrogens with one attached hydrogen (secondary N) is 1. The zero-order valence-electron chi connectivity index (χ0n) is 13.8. The molecule has 0 atom stereocenters. The fourth-order valence-corrected chi connectivity index (χ4v) is 3.59. The number of carbonyl (C=O) groups is 1. The van der Waals surface area contributed by atoms with Crippen LogP contribution in [-0.4, -0.2) is 17.7 Å². The number of carbonyl (C=O) groups excluding carboxylic acids is 1. The third-order valence-corrected chi connectivity index (χ3v) is 4.81. The predicted octanol–water partition coefficient (Wildman–Crippen LogP) is 4.74. The lowest BCUT2D eigenvalue weighted by molar-refractivity contribution is 0.0943. The Hall–Kier alpha value is -2.07. The average Bonchev–Trinajstić information content (AvgIpc) is 2.62. The van der Waals surface area contributed by atoms with Crippen LogP contribution in [0.25, 0.3) is 0 Å². The molecule has 3 nitrogen and oxygen atoms in total. The molecule has 3 rings (SSSR count). The number of hydrogen-bond acceptors (Lipinski definition) is 3. The molecule has 1 aliphatic heterocycles. The van der Waals surface area contributed by atoms with Crippen molar-refractivity contribution in [3.63, 3.8) is 0 Å². The van der Waals surface area contributed by atoms with Crippen LogP contribution in [0.4, 0.5) is 5.69 Å². The van der Waals surface area contributed by atoms with Crippen molar-refractivity contribution in [1.29, 1.82) is 0 Å². The molecule has 0 fully saturated rings. The van der Waals surface area contributed by atoms with Crippen LogP contribution < -0.4 is 5.32 Å². The first-order valence-corrected chi connectivity index (χ1v) is 8.55. The van der Waals surface area contributed by atoms with Crippen LogP contribution in [0.5, 0.6) is 0 Å². The smallest absolute Gasteiger partial charge is 0.251 e. The van der Waals surface area contributed by atoms with Gasteiger partial charge in [-0.1, -0.05) is 23.4 Å². The minimum atomic E-state index is -0.0572. The normalized spacial score (nSPS) is 13.0. The molecule has 0 aliphatic carbocycles. The highest BCUT2D eigenvalue weighted by Gasteiger charge is 2.17. The Morgan fingerprint density at radius 1 is 1.09 bits per heavy atom. The Morgan fingerprint density at radius 3 is 2.57 bits per heavy atom. The lowest BCUT2D eigenvalue weighted by Gasteiger charge is -2.10. The molecule has 4 heteroatoms. The first kappa shape index (κ1) is 15.8. The molecule has 1 heterocycles. The van der Waals surface area contributed by atoms with Crippen LogP contribution >= 0.6 is 11.8 Å². The van der Waals surface area contributed by atoms with Gasteiger partial charge in [0.25, 0.3) is 5.91 Å². The number of rotatable bonds is 2. The van der Waals surface area contributed by atoms with Gasteiger partial charge in [0, 0.05) is 32.7 Å². The van der Waals surface area contributed by atoms with Gasteiger partial charge >= 0.3 is 0 Å². The third kappa shape index (κ3) is 3.32. The average molecular weight is 324 g/mol. The van der Waals surface area contributed by atoms with Crippen LogP contribution in [0.15, 0.2) is 51.2 Å². The molecule has 0 unspecified atom stereocenters. The number of fused-ring (bicyclic) bond motifs is 2. The number of hydrogen-bond donors (Lipinski definition) is 1. The van der Waals surface area contributed by atoms with E-state index < -0.39 is 0 Å². The van der Waals surface area contributed by atoms with E-state index in [4.69, 9.17) is 4.99 Å². The maximum Gasteiger partial charge on any atom is 0.251 e. The van der Waals surface area contributed by atoms with E-state index in [2.05, 4.69) is 30.4 Å². The molecule has 2 aromatic rings. The van der Waals surface area contributed by atoms with Crippen molar-refractivity contribution >= 4 is 29.1 Å². The molecular formula is C19H20N2OS. The van der Waals surface area contributed by atoms with Crippen molar-refractivity contribution in [2.45, 2.75) is 43.5 Å². The Bertz CT molecular complexity index is 809. The highest BCUT2D eigenvalue weighted by atomic mass is 32.2. The van der Waals surface area contributed by atoms with Crippen molar-refractivity contribution in [3.05, 3.63) is 53.1 Å². The summed E-state index contributed by atoms with van der Waals surface area (Å²) in [5.74, 6) is -0.0572. The van der Waals surface area contributed by atoms with Crippen molar-refractivity contribution in [1.82, 2.24) is 5.32 Å². The molecule has 1 aliphatic rings. The summed E-state index contributed by atoms with van der Waals surface area (Å²) in [6.45, 7) is 8.02. The van der Waals surface area contributed by atoms with Crippen LogP contribution in [0, 0.1) is 6.92 Å². The van der Waals surface area contributed by atoms with Gasteiger partial charge in [0.05, 0.1) is 5.69 Å². The van der Waals surface area contributed by atoms with E-state index in [9.17, 15) is 4.79 Å². The van der Waals surface area contributed by atoms with E-state index in [1.807, 2.05) is 39.0 Å². The van der Waals surface area contributed by atoms with Crippen LogP contribution in [0.1, 0.15) is 42.3 Å². The summed E-state index contributed by atoms with van der Waals surface area (Å²) in [5.41, 5.74) is 4.88. The number of amides is 1. The summed E-state index contributed by atoms with van der Waals surface area (Å²) in [6, 6.07) is 12.3. The summed E-state index contributed by atoms with van der Waals surface area (Å²) in [4.78, 5) is 19.2. The van der Waals surface area contributed by atoms with Crippen molar-refractivity contribution in [2.75, 3.05) is 0 Å². The molecule has 0 aromatic heterocycles. The SMILES string of the molecule is CC1=Nc2cc(C(=O)NC(C)C)ccc2Sc2ccc(C)cc21. The zero-order valence-corrected chi connectivity index (χ0v) is 14.6. The van der Waals surface area contributed by atoms with E-state index in [0.29, 0.717) is 5.56 Å². The number of nitrogens with zero attached hydrogens (tertiary/aromatic N) is 1. The van der Waals surface area contributed by atoms with Crippen LogP contribution in [0.2, 0.25) is 0 Å². The van der Waals surface area contributed by atoms with Crippen LogP contribution in [-0.2, 0) is 0 Å². The van der Waals surface area contributed by atoms with E-state index in [1.165, 1.54) is 16.0 Å². The standard InChI is InChI=1S/C19H20N2OS/c1-11(2)20-19(22)14-6-8-18-16(10-14)21-13(4)15-9-12(3)5-7-17(15)23-18/h5-11H,1-4H3,(H,20,22). The second-order valence-corrected chi connectivity index (χ2v) is 7.19. The fourth-order valence-electron chi connectivity index (χ4n) is 2.55. The molecule has 0 bridgehead atoms.